The Bertz CT molecular complexity index is 249. The number of likely N-dealkylation sites (N-methyl/N-ethyl adjacent to an activating group) is 1. The average Bonchev–Trinajstić information content (AvgIpc) is 2.74. The number of carbonyl (C=O) groups excluding carboxylic acids is 1. The largest absolute Gasteiger partial charge is 0.341 e. The molecular weight excluding hydrogens is 212 g/mol. The molecule has 17 heavy (non-hydrogen) atoms. The lowest BCUT2D eigenvalue weighted by Gasteiger charge is -2.21. The fourth-order valence-corrected chi connectivity index (χ4v) is 3.08. The van der Waals surface area contributed by atoms with Crippen LogP contribution in [-0.4, -0.2) is 48.9 Å². The van der Waals surface area contributed by atoms with Crippen LogP contribution in [0.4, 0.5) is 0 Å². The van der Waals surface area contributed by atoms with Gasteiger partial charge in [-0.25, -0.2) is 0 Å². The van der Waals surface area contributed by atoms with E-state index in [2.05, 4.69) is 16.8 Å². The first-order valence-electron chi connectivity index (χ1n) is 7.22. The summed E-state index contributed by atoms with van der Waals surface area (Å²) in [6, 6.07) is 0. The highest BCUT2D eigenvalue weighted by Crippen LogP contribution is 2.28. The molecule has 3 heteroatoms. The van der Waals surface area contributed by atoms with E-state index < -0.39 is 0 Å². The van der Waals surface area contributed by atoms with E-state index in [1.54, 1.807) is 0 Å². The van der Waals surface area contributed by atoms with E-state index in [4.69, 9.17) is 0 Å². The van der Waals surface area contributed by atoms with Crippen LogP contribution in [0, 0.1) is 5.92 Å². The number of hydrogen-bond donors (Lipinski definition) is 0. The second-order valence-corrected chi connectivity index (χ2v) is 5.73. The summed E-state index contributed by atoms with van der Waals surface area (Å²) in [5.74, 6) is 1.24. The maximum Gasteiger partial charge on any atom is 0.222 e. The minimum absolute atomic E-state index is 0.396. The summed E-state index contributed by atoms with van der Waals surface area (Å²) < 4.78 is 0. The Hall–Kier alpha value is -0.570. The van der Waals surface area contributed by atoms with Crippen molar-refractivity contribution in [2.75, 3.05) is 33.2 Å². The molecule has 1 saturated carbocycles. The maximum absolute atomic E-state index is 12.1. The van der Waals surface area contributed by atoms with Crippen LogP contribution in [0.5, 0.6) is 0 Å². The third kappa shape index (κ3) is 3.98. The lowest BCUT2D eigenvalue weighted by molar-refractivity contribution is -0.131. The first kappa shape index (κ1) is 12.9. The fourth-order valence-electron chi connectivity index (χ4n) is 3.08. The third-order valence-corrected chi connectivity index (χ3v) is 4.31. The van der Waals surface area contributed by atoms with Crippen molar-refractivity contribution < 1.29 is 4.79 Å². The summed E-state index contributed by atoms with van der Waals surface area (Å²) in [6.07, 6.45) is 8.53. The van der Waals surface area contributed by atoms with Crippen LogP contribution in [0.2, 0.25) is 0 Å². The van der Waals surface area contributed by atoms with Crippen LogP contribution < -0.4 is 0 Å². The summed E-state index contributed by atoms with van der Waals surface area (Å²) in [4.78, 5) is 16.5. The highest BCUT2D eigenvalue weighted by molar-refractivity contribution is 5.76. The Morgan fingerprint density at radius 1 is 1.06 bits per heavy atom. The summed E-state index contributed by atoms with van der Waals surface area (Å²) in [7, 11) is 2.15. The van der Waals surface area contributed by atoms with Gasteiger partial charge < -0.3 is 9.80 Å². The monoisotopic (exact) mass is 238 g/mol. The van der Waals surface area contributed by atoms with Gasteiger partial charge in [-0.1, -0.05) is 25.7 Å². The van der Waals surface area contributed by atoms with Crippen molar-refractivity contribution in [3.8, 4) is 0 Å². The zero-order valence-electron chi connectivity index (χ0n) is 11.2. The van der Waals surface area contributed by atoms with Gasteiger partial charge >= 0.3 is 0 Å². The molecule has 2 fully saturated rings. The van der Waals surface area contributed by atoms with Gasteiger partial charge in [0.2, 0.25) is 5.91 Å². The van der Waals surface area contributed by atoms with Gasteiger partial charge in [-0.05, 0) is 32.4 Å². The second-order valence-electron chi connectivity index (χ2n) is 5.73. The summed E-state index contributed by atoms with van der Waals surface area (Å²) in [6.45, 7) is 4.06. The van der Waals surface area contributed by atoms with Crippen molar-refractivity contribution in [2.24, 2.45) is 5.92 Å². The van der Waals surface area contributed by atoms with E-state index in [1.165, 1.54) is 25.7 Å². The highest BCUT2D eigenvalue weighted by Gasteiger charge is 2.20. The van der Waals surface area contributed by atoms with Crippen molar-refractivity contribution >= 4 is 5.91 Å². The molecule has 0 atom stereocenters. The van der Waals surface area contributed by atoms with E-state index in [-0.39, 0.29) is 0 Å². The Labute approximate surface area is 105 Å². The highest BCUT2D eigenvalue weighted by atomic mass is 16.2. The molecule has 0 spiro atoms. The number of carbonyl (C=O) groups is 1. The van der Waals surface area contributed by atoms with Crippen LogP contribution in [0.1, 0.15) is 44.9 Å². The molecule has 1 aliphatic heterocycles. The van der Waals surface area contributed by atoms with Crippen molar-refractivity contribution in [3.05, 3.63) is 0 Å². The SMILES string of the molecule is CN1CCCN(C(=O)CCC2CCCC2)CC1. The molecule has 1 heterocycles. The molecule has 0 aromatic rings. The van der Waals surface area contributed by atoms with E-state index >= 15 is 0 Å². The molecule has 1 amide bonds. The third-order valence-electron chi connectivity index (χ3n) is 4.31. The van der Waals surface area contributed by atoms with Crippen molar-refractivity contribution in [3.63, 3.8) is 0 Å². The molecule has 0 unspecified atom stereocenters. The molecule has 1 saturated heterocycles. The molecule has 0 radical (unpaired) electrons. The molecule has 98 valence electrons. The number of rotatable bonds is 3. The van der Waals surface area contributed by atoms with E-state index in [0.717, 1.165) is 51.4 Å². The normalized spacial score (nSPS) is 23.9. The van der Waals surface area contributed by atoms with Gasteiger partial charge in [-0.15, -0.1) is 0 Å². The minimum Gasteiger partial charge on any atom is -0.341 e. The molecule has 0 aromatic heterocycles. The summed E-state index contributed by atoms with van der Waals surface area (Å²) in [5, 5.41) is 0. The van der Waals surface area contributed by atoms with Crippen LogP contribution >= 0.6 is 0 Å². The topological polar surface area (TPSA) is 23.6 Å². The predicted molar refractivity (Wildman–Crippen MR) is 69.9 cm³/mol. The van der Waals surface area contributed by atoms with Gasteiger partial charge in [0.25, 0.3) is 0 Å². The maximum atomic E-state index is 12.1. The van der Waals surface area contributed by atoms with E-state index in [9.17, 15) is 4.79 Å². The number of amides is 1. The Morgan fingerprint density at radius 2 is 1.82 bits per heavy atom. The van der Waals surface area contributed by atoms with Gasteiger partial charge in [0.05, 0.1) is 0 Å². The summed E-state index contributed by atoms with van der Waals surface area (Å²) >= 11 is 0. The quantitative estimate of drug-likeness (QED) is 0.752. The Morgan fingerprint density at radius 3 is 2.59 bits per heavy atom. The predicted octanol–water partition coefficient (Wildman–Crippen LogP) is 2.12. The van der Waals surface area contributed by atoms with Crippen LogP contribution in [-0.2, 0) is 4.79 Å². The smallest absolute Gasteiger partial charge is 0.222 e. The van der Waals surface area contributed by atoms with Crippen LogP contribution in [0.25, 0.3) is 0 Å². The molecule has 2 rings (SSSR count). The van der Waals surface area contributed by atoms with Gasteiger partial charge in [-0.2, -0.15) is 0 Å². The molecule has 2 aliphatic rings. The van der Waals surface area contributed by atoms with Gasteiger partial charge in [0.1, 0.15) is 0 Å². The second kappa shape index (κ2) is 6.39. The van der Waals surface area contributed by atoms with Crippen LogP contribution in [0.15, 0.2) is 0 Å². The van der Waals surface area contributed by atoms with Crippen molar-refractivity contribution in [2.45, 2.75) is 44.9 Å². The van der Waals surface area contributed by atoms with Gasteiger partial charge in [-0.3, -0.25) is 4.79 Å². The lowest BCUT2D eigenvalue weighted by Crippen LogP contribution is -2.34. The molecule has 3 nitrogen and oxygen atoms in total. The average molecular weight is 238 g/mol. The summed E-state index contributed by atoms with van der Waals surface area (Å²) in [5.41, 5.74) is 0. The van der Waals surface area contributed by atoms with Crippen molar-refractivity contribution in [1.29, 1.82) is 0 Å². The fraction of sp³-hybridized carbons (Fsp3) is 0.929. The number of nitrogens with zero attached hydrogens (tertiary/aromatic N) is 2. The van der Waals surface area contributed by atoms with E-state index in [1.807, 2.05) is 0 Å². The minimum atomic E-state index is 0.396. The molecule has 0 bridgehead atoms. The first-order valence-corrected chi connectivity index (χ1v) is 7.22. The molecule has 1 aliphatic carbocycles. The Kier molecular flexibility index (Phi) is 4.84. The number of hydrogen-bond acceptors (Lipinski definition) is 2. The zero-order valence-corrected chi connectivity index (χ0v) is 11.2. The Balaban J connectivity index is 1.70. The standard InChI is InChI=1S/C14H26N2O/c1-15-9-4-10-16(12-11-15)14(17)8-7-13-5-2-3-6-13/h13H,2-12H2,1H3. The van der Waals surface area contributed by atoms with Crippen LogP contribution in [0.3, 0.4) is 0 Å². The zero-order chi connectivity index (χ0) is 12.1. The van der Waals surface area contributed by atoms with Gasteiger partial charge in [0.15, 0.2) is 0 Å². The van der Waals surface area contributed by atoms with Crippen molar-refractivity contribution in [1.82, 2.24) is 9.80 Å². The van der Waals surface area contributed by atoms with Gasteiger partial charge in [0, 0.05) is 26.1 Å². The molecular formula is C14H26N2O. The molecule has 0 aromatic carbocycles. The first-order chi connectivity index (χ1) is 8.25. The molecule has 0 N–H and O–H groups in total. The lowest BCUT2D eigenvalue weighted by atomic mass is 10.0. The van der Waals surface area contributed by atoms with E-state index in [0.29, 0.717) is 5.91 Å².